The predicted molar refractivity (Wildman–Crippen MR) is 150 cm³/mol. The van der Waals surface area contributed by atoms with E-state index >= 15 is 0 Å². The second-order valence-electron chi connectivity index (χ2n) is 8.53. The minimum atomic E-state index is -0.742. The summed E-state index contributed by atoms with van der Waals surface area (Å²) in [5, 5.41) is 7.89. The van der Waals surface area contributed by atoms with Crippen LogP contribution in [-0.2, 0) is 9.53 Å². The van der Waals surface area contributed by atoms with Crippen LogP contribution in [-0.4, -0.2) is 30.5 Å². The molecule has 7 nitrogen and oxygen atoms in total. The molecule has 2 amide bonds. The highest BCUT2D eigenvalue weighted by Gasteiger charge is 2.23. The molecule has 3 aromatic carbocycles. The molecule has 8 heteroatoms. The van der Waals surface area contributed by atoms with Gasteiger partial charge in [0.1, 0.15) is 16.3 Å². The Balaban J connectivity index is 1.45. The molecular weight excluding hydrogens is 500 g/mol. The number of benzene rings is 3. The van der Waals surface area contributed by atoms with Gasteiger partial charge in [0.05, 0.1) is 6.61 Å². The van der Waals surface area contributed by atoms with Crippen LogP contribution in [0.15, 0.2) is 84.2 Å². The molecule has 0 aliphatic rings. The quantitative estimate of drug-likeness (QED) is 0.240. The average molecular weight is 529 g/mol. The number of para-hydroxylation sites is 1. The van der Waals surface area contributed by atoms with E-state index in [0.717, 1.165) is 11.1 Å². The number of rotatable bonds is 9. The van der Waals surface area contributed by atoms with Crippen LogP contribution in [0.3, 0.4) is 0 Å². The summed E-state index contributed by atoms with van der Waals surface area (Å²) in [5.41, 5.74) is 4.05. The number of anilines is 2. The summed E-state index contributed by atoms with van der Waals surface area (Å²) in [5.74, 6) is -0.714. The molecule has 0 aliphatic heterocycles. The minimum absolute atomic E-state index is 0.221. The number of amides is 2. The molecule has 2 N–H and O–H groups in total. The Hall–Kier alpha value is -4.43. The van der Waals surface area contributed by atoms with Gasteiger partial charge in [0, 0.05) is 22.2 Å². The van der Waals surface area contributed by atoms with E-state index in [1.165, 1.54) is 11.3 Å². The van der Waals surface area contributed by atoms with E-state index < -0.39 is 12.1 Å². The van der Waals surface area contributed by atoms with E-state index in [9.17, 15) is 14.4 Å². The van der Waals surface area contributed by atoms with E-state index in [-0.39, 0.29) is 18.4 Å². The van der Waals surface area contributed by atoms with E-state index in [0.29, 0.717) is 33.1 Å². The average Bonchev–Trinajstić information content (AvgIpc) is 3.33. The van der Waals surface area contributed by atoms with Gasteiger partial charge in [-0.05, 0) is 62.7 Å². The van der Waals surface area contributed by atoms with E-state index in [1.54, 1.807) is 50.2 Å². The fourth-order valence-electron chi connectivity index (χ4n) is 3.68. The second kappa shape index (κ2) is 12.2. The third kappa shape index (κ3) is 6.46. The van der Waals surface area contributed by atoms with E-state index in [2.05, 4.69) is 10.6 Å². The Morgan fingerprint density at radius 3 is 2.24 bits per heavy atom. The summed E-state index contributed by atoms with van der Waals surface area (Å²) in [4.78, 5) is 38.2. The smallest absolute Gasteiger partial charge is 0.341 e. The molecule has 0 spiro atoms. The number of thiophene rings is 1. The highest BCUT2D eigenvalue weighted by atomic mass is 32.1. The first-order valence-corrected chi connectivity index (χ1v) is 13.0. The number of aryl methyl sites for hydroxylation is 1. The first kappa shape index (κ1) is 26.6. The van der Waals surface area contributed by atoms with E-state index in [1.807, 2.05) is 54.8 Å². The van der Waals surface area contributed by atoms with Crippen LogP contribution in [0.1, 0.15) is 40.1 Å². The molecule has 0 bridgehead atoms. The van der Waals surface area contributed by atoms with Crippen molar-refractivity contribution in [3.8, 4) is 16.9 Å². The predicted octanol–water partition coefficient (Wildman–Crippen LogP) is 6.56. The summed E-state index contributed by atoms with van der Waals surface area (Å²) >= 11 is 1.27. The molecule has 4 rings (SSSR count). The van der Waals surface area contributed by atoms with Crippen molar-refractivity contribution in [1.82, 2.24) is 0 Å². The van der Waals surface area contributed by atoms with Crippen LogP contribution in [0.4, 0.5) is 10.7 Å². The highest BCUT2D eigenvalue weighted by Crippen LogP contribution is 2.36. The molecule has 1 atom stereocenters. The van der Waals surface area contributed by atoms with Crippen molar-refractivity contribution in [2.24, 2.45) is 0 Å². The number of nitrogens with one attached hydrogen (secondary N) is 2. The zero-order valence-corrected chi connectivity index (χ0v) is 22.1. The van der Waals surface area contributed by atoms with Gasteiger partial charge in [-0.15, -0.1) is 11.3 Å². The number of esters is 1. The Morgan fingerprint density at radius 2 is 1.58 bits per heavy atom. The Kier molecular flexibility index (Phi) is 8.55. The number of carbonyl (C=O) groups excluding carboxylic acids is 3. The normalized spacial score (nSPS) is 11.3. The van der Waals surface area contributed by atoms with Crippen LogP contribution in [0.5, 0.6) is 5.75 Å². The van der Waals surface area contributed by atoms with Crippen LogP contribution >= 0.6 is 11.3 Å². The maximum absolute atomic E-state index is 13.0. The van der Waals surface area contributed by atoms with Gasteiger partial charge in [-0.3, -0.25) is 9.59 Å². The van der Waals surface area contributed by atoms with Gasteiger partial charge in [0.2, 0.25) is 0 Å². The van der Waals surface area contributed by atoms with Crippen LogP contribution in [0, 0.1) is 6.92 Å². The van der Waals surface area contributed by atoms with Gasteiger partial charge in [-0.25, -0.2) is 4.79 Å². The van der Waals surface area contributed by atoms with Crippen molar-refractivity contribution in [3.05, 3.63) is 101 Å². The molecule has 0 saturated carbocycles. The molecule has 0 saturated heterocycles. The van der Waals surface area contributed by atoms with Gasteiger partial charge in [0.15, 0.2) is 6.10 Å². The summed E-state index contributed by atoms with van der Waals surface area (Å²) in [6.07, 6.45) is -0.742. The lowest BCUT2D eigenvalue weighted by Gasteiger charge is -2.15. The van der Waals surface area contributed by atoms with Crippen LogP contribution in [0.2, 0.25) is 0 Å². The molecule has 38 heavy (non-hydrogen) atoms. The Labute approximate surface area is 225 Å². The molecule has 194 valence electrons. The van der Waals surface area contributed by atoms with Crippen LogP contribution in [0.25, 0.3) is 11.1 Å². The summed E-state index contributed by atoms with van der Waals surface area (Å²) in [6.45, 7) is 5.60. The SMILES string of the molecule is CCOC(=O)c1c(-c2ccc(C)cc2)csc1NC(=O)c1ccc(OC(C)C(=O)Nc2ccccc2)cc1. The standard InChI is InChI=1S/C30H28N2O5S/c1-4-36-30(35)26-25(21-12-10-19(2)11-13-21)18-38-29(26)32-28(34)22-14-16-24(17-15-22)37-20(3)27(33)31-23-8-6-5-7-9-23/h5-18,20H,4H2,1-3H3,(H,31,33)(H,32,34). The van der Waals surface area contributed by atoms with Crippen molar-refractivity contribution < 1.29 is 23.9 Å². The van der Waals surface area contributed by atoms with E-state index in [4.69, 9.17) is 9.47 Å². The van der Waals surface area contributed by atoms with Crippen molar-refractivity contribution in [3.63, 3.8) is 0 Å². The molecule has 0 aliphatic carbocycles. The van der Waals surface area contributed by atoms with Crippen molar-refractivity contribution >= 4 is 39.8 Å². The Bertz CT molecular complexity index is 1410. The maximum atomic E-state index is 13.0. The monoisotopic (exact) mass is 528 g/mol. The van der Waals surface area contributed by atoms with Gasteiger partial charge in [0.25, 0.3) is 11.8 Å². The maximum Gasteiger partial charge on any atom is 0.341 e. The highest BCUT2D eigenvalue weighted by molar-refractivity contribution is 7.15. The third-order valence-electron chi connectivity index (χ3n) is 5.70. The lowest BCUT2D eigenvalue weighted by Crippen LogP contribution is -2.30. The van der Waals surface area contributed by atoms with Gasteiger partial charge in [-0.1, -0.05) is 48.0 Å². The molecular formula is C30H28N2O5S. The molecule has 4 aromatic rings. The van der Waals surface area contributed by atoms with Gasteiger partial charge >= 0.3 is 5.97 Å². The number of hydrogen-bond donors (Lipinski definition) is 2. The number of hydrogen-bond acceptors (Lipinski definition) is 6. The second-order valence-corrected chi connectivity index (χ2v) is 9.41. The number of carbonyl (C=O) groups is 3. The Morgan fingerprint density at radius 1 is 0.895 bits per heavy atom. The van der Waals surface area contributed by atoms with Crippen LogP contribution < -0.4 is 15.4 Å². The lowest BCUT2D eigenvalue weighted by atomic mass is 10.0. The van der Waals surface area contributed by atoms with Gasteiger partial charge in [-0.2, -0.15) is 0 Å². The molecule has 1 aromatic heterocycles. The zero-order valence-electron chi connectivity index (χ0n) is 21.3. The van der Waals surface area contributed by atoms with Crippen molar-refractivity contribution in [1.29, 1.82) is 0 Å². The zero-order chi connectivity index (χ0) is 27.1. The first-order chi connectivity index (χ1) is 18.4. The lowest BCUT2D eigenvalue weighted by molar-refractivity contribution is -0.122. The first-order valence-electron chi connectivity index (χ1n) is 12.2. The fraction of sp³-hybridized carbons (Fsp3) is 0.167. The van der Waals surface area contributed by atoms with Gasteiger partial charge < -0.3 is 20.1 Å². The van der Waals surface area contributed by atoms with Crippen molar-refractivity contribution in [2.45, 2.75) is 26.9 Å². The fourth-order valence-corrected chi connectivity index (χ4v) is 4.64. The largest absolute Gasteiger partial charge is 0.481 e. The minimum Gasteiger partial charge on any atom is -0.481 e. The summed E-state index contributed by atoms with van der Waals surface area (Å²) < 4.78 is 11.0. The third-order valence-corrected chi connectivity index (χ3v) is 6.60. The number of ether oxygens (including phenoxy) is 2. The van der Waals surface area contributed by atoms with Crippen molar-refractivity contribution in [2.75, 3.05) is 17.2 Å². The molecule has 1 unspecified atom stereocenters. The molecule has 0 fully saturated rings. The summed E-state index contributed by atoms with van der Waals surface area (Å²) in [7, 11) is 0. The molecule has 0 radical (unpaired) electrons. The topological polar surface area (TPSA) is 93.7 Å². The summed E-state index contributed by atoms with van der Waals surface area (Å²) in [6, 6.07) is 23.4. The molecule has 1 heterocycles.